The molecule has 3 heterocycles. The van der Waals surface area contributed by atoms with Crippen LogP contribution in [-0.2, 0) is 6.18 Å². The number of aliphatic hydroxyl groups is 1. The molecule has 2 bridgehead atoms. The van der Waals surface area contributed by atoms with E-state index in [1.807, 2.05) is 4.90 Å². The summed E-state index contributed by atoms with van der Waals surface area (Å²) in [6.07, 6.45) is -1.62. The van der Waals surface area contributed by atoms with Crippen LogP contribution >= 0.6 is 0 Å². The number of aromatic nitrogens is 2. The molecule has 3 unspecified atom stereocenters. The molecule has 0 aliphatic carbocycles. The molecule has 19 heavy (non-hydrogen) atoms. The van der Waals surface area contributed by atoms with Gasteiger partial charge in [-0.25, -0.2) is 0 Å². The van der Waals surface area contributed by atoms with E-state index in [-0.39, 0.29) is 24.6 Å². The van der Waals surface area contributed by atoms with E-state index < -0.39 is 11.9 Å². The Bertz CT molecular complexity index is 462. The summed E-state index contributed by atoms with van der Waals surface area (Å²) in [5.74, 6) is 0.680. The van der Waals surface area contributed by atoms with Crippen molar-refractivity contribution in [1.29, 1.82) is 0 Å². The van der Waals surface area contributed by atoms with Crippen LogP contribution < -0.4 is 4.90 Å². The molecular weight excluding hydrogens is 259 g/mol. The molecule has 7 heteroatoms. The molecule has 2 fully saturated rings. The van der Waals surface area contributed by atoms with Crippen molar-refractivity contribution >= 4 is 5.82 Å². The highest BCUT2D eigenvalue weighted by atomic mass is 19.4. The van der Waals surface area contributed by atoms with Crippen LogP contribution in [0.25, 0.3) is 0 Å². The molecule has 1 aromatic heterocycles. The Morgan fingerprint density at radius 3 is 2.58 bits per heavy atom. The van der Waals surface area contributed by atoms with E-state index in [9.17, 15) is 18.3 Å². The number of nitrogens with zero attached hydrogens (tertiary/aromatic N) is 3. The molecule has 0 radical (unpaired) electrons. The Morgan fingerprint density at radius 2 is 2.05 bits per heavy atom. The fourth-order valence-electron chi connectivity index (χ4n) is 3.28. The number of rotatable bonds is 2. The Balaban J connectivity index is 1.84. The molecular formula is C12H14F3N3O. The monoisotopic (exact) mass is 273 g/mol. The molecule has 3 atom stereocenters. The first-order valence-electron chi connectivity index (χ1n) is 6.31. The van der Waals surface area contributed by atoms with Crippen LogP contribution in [0.4, 0.5) is 19.0 Å². The maximum absolute atomic E-state index is 12.4. The zero-order valence-electron chi connectivity index (χ0n) is 10.1. The van der Waals surface area contributed by atoms with Crippen molar-refractivity contribution in [3.05, 3.63) is 17.8 Å². The predicted molar refractivity (Wildman–Crippen MR) is 61.5 cm³/mol. The van der Waals surface area contributed by atoms with Gasteiger partial charge in [0.25, 0.3) is 0 Å². The summed E-state index contributed by atoms with van der Waals surface area (Å²) in [6, 6.07) is 2.80. The Kier molecular flexibility index (Phi) is 2.88. The number of fused-ring (bicyclic) bond motifs is 2. The van der Waals surface area contributed by atoms with Gasteiger partial charge in [0, 0.05) is 24.6 Å². The first-order chi connectivity index (χ1) is 9.00. The third kappa shape index (κ3) is 2.05. The third-order valence-corrected chi connectivity index (χ3v) is 4.11. The average molecular weight is 273 g/mol. The molecule has 1 aromatic rings. The lowest BCUT2D eigenvalue weighted by molar-refractivity contribution is -0.141. The summed E-state index contributed by atoms with van der Waals surface area (Å²) >= 11 is 0. The zero-order chi connectivity index (χ0) is 13.6. The smallest absolute Gasteiger partial charge is 0.396 e. The van der Waals surface area contributed by atoms with E-state index >= 15 is 0 Å². The molecule has 4 nitrogen and oxygen atoms in total. The lowest BCUT2D eigenvalue weighted by atomic mass is 9.90. The number of alkyl halides is 3. The standard InChI is InChI=1S/C12H14F3N3O/c13-12(14,15)10-3-4-11(17-16-10)18-8-1-2-9(18)7(5-8)6-19/h3-4,7-9,19H,1-2,5-6H2. The van der Waals surface area contributed by atoms with Gasteiger partial charge in [0.2, 0.25) is 0 Å². The van der Waals surface area contributed by atoms with Crippen LogP contribution in [0.5, 0.6) is 0 Å². The minimum Gasteiger partial charge on any atom is -0.396 e. The zero-order valence-corrected chi connectivity index (χ0v) is 10.1. The normalized spacial score (nSPS) is 30.1. The number of halogens is 3. The van der Waals surface area contributed by atoms with Gasteiger partial charge in [-0.05, 0) is 31.4 Å². The largest absolute Gasteiger partial charge is 0.435 e. The van der Waals surface area contributed by atoms with Crippen molar-refractivity contribution in [2.45, 2.75) is 37.5 Å². The van der Waals surface area contributed by atoms with Gasteiger partial charge in [0.15, 0.2) is 11.5 Å². The molecule has 0 saturated carbocycles. The first-order valence-corrected chi connectivity index (χ1v) is 6.31. The number of aliphatic hydroxyl groups excluding tert-OH is 1. The van der Waals surface area contributed by atoms with Crippen LogP contribution in [0.1, 0.15) is 25.0 Å². The second-order valence-corrected chi connectivity index (χ2v) is 5.16. The Hall–Kier alpha value is -1.37. The van der Waals surface area contributed by atoms with E-state index in [4.69, 9.17) is 0 Å². The van der Waals surface area contributed by atoms with Gasteiger partial charge >= 0.3 is 6.18 Å². The first kappa shape index (κ1) is 12.7. The van der Waals surface area contributed by atoms with Gasteiger partial charge in [0.1, 0.15) is 0 Å². The molecule has 3 rings (SSSR count). The molecule has 0 spiro atoms. The van der Waals surface area contributed by atoms with Gasteiger partial charge < -0.3 is 10.0 Å². The maximum atomic E-state index is 12.4. The van der Waals surface area contributed by atoms with E-state index in [1.165, 1.54) is 6.07 Å². The summed E-state index contributed by atoms with van der Waals surface area (Å²) in [7, 11) is 0. The van der Waals surface area contributed by atoms with Crippen molar-refractivity contribution in [3.8, 4) is 0 Å². The highest BCUT2D eigenvalue weighted by Gasteiger charge is 2.46. The molecule has 1 N–H and O–H groups in total. The molecule has 104 valence electrons. The highest BCUT2D eigenvalue weighted by molar-refractivity contribution is 5.44. The molecule has 0 amide bonds. The number of hydrogen-bond donors (Lipinski definition) is 1. The second-order valence-electron chi connectivity index (χ2n) is 5.16. The molecule has 2 aliphatic heterocycles. The fourth-order valence-corrected chi connectivity index (χ4v) is 3.28. The van der Waals surface area contributed by atoms with Crippen LogP contribution in [0.3, 0.4) is 0 Å². The minimum atomic E-state index is -4.46. The molecule has 2 saturated heterocycles. The molecule has 0 aromatic carbocycles. The summed E-state index contributed by atoms with van der Waals surface area (Å²) in [4.78, 5) is 2.02. The summed E-state index contributed by atoms with van der Waals surface area (Å²) in [5.41, 5.74) is -0.971. The van der Waals surface area contributed by atoms with Crippen molar-refractivity contribution in [3.63, 3.8) is 0 Å². The lowest BCUT2D eigenvalue weighted by Gasteiger charge is -2.24. The maximum Gasteiger partial charge on any atom is 0.435 e. The quantitative estimate of drug-likeness (QED) is 0.893. The van der Waals surface area contributed by atoms with Gasteiger partial charge in [-0.1, -0.05) is 0 Å². The van der Waals surface area contributed by atoms with Crippen molar-refractivity contribution in [2.24, 2.45) is 5.92 Å². The van der Waals surface area contributed by atoms with Crippen molar-refractivity contribution in [1.82, 2.24) is 10.2 Å². The van der Waals surface area contributed by atoms with E-state index in [2.05, 4.69) is 10.2 Å². The van der Waals surface area contributed by atoms with Gasteiger partial charge in [-0.15, -0.1) is 10.2 Å². The lowest BCUT2D eigenvalue weighted by Crippen LogP contribution is -2.32. The Labute approximate surface area is 108 Å². The van der Waals surface area contributed by atoms with E-state index in [0.717, 1.165) is 25.3 Å². The van der Waals surface area contributed by atoms with Crippen LogP contribution in [0, 0.1) is 5.92 Å². The number of hydrogen-bond acceptors (Lipinski definition) is 4. The summed E-state index contributed by atoms with van der Waals surface area (Å²) in [6.45, 7) is 0.117. The number of anilines is 1. The van der Waals surface area contributed by atoms with Crippen LogP contribution in [0.2, 0.25) is 0 Å². The van der Waals surface area contributed by atoms with Crippen molar-refractivity contribution in [2.75, 3.05) is 11.5 Å². The van der Waals surface area contributed by atoms with Gasteiger partial charge in [-0.2, -0.15) is 13.2 Å². The van der Waals surface area contributed by atoms with Gasteiger partial charge in [0.05, 0.1) is 0 Å². The summed E-state index contributed by atoms with van der Waals surface area (Å²) < 4.78 is 37.3. The van der Waals surface area contributed by atoms with Crippen molar-refractivity contribution < 1.29 is 18.3 Å². The summed E-state index contributed by atoms with van der Waals surface area (Å²) in [5, 5.41) is 16.3. The van der Waals surface area contributed by atoms with Crippen LogP contribution in [-0.4, -0.2) is 34.0 Å². The third-order valence-electron chi connectivity index (χ3n) is 4.11. The molecule has 2 aliphatic rings. The minimum absolute atomic E-state index is 0.117. The van der Waals surface area contributed by atoms with E-state index in [0.29, 0.717) is 5.82 Å². The highest BCUT2D eigenvalue weighted by Crippen LogP contribution is 2.43. The van der Waals surface area contributed by atoms with Crippen LogP contribution in [0.15, 0.2) is 12.1 Å². The SMILES string of the molecule is OCC1CC2CCC1N2c1ccc(C(F)(F)F)nn1. The Morgan fingerprint density at radius 1 is 1.26 bits per heavy atom. The fraction of sp³-hybridized carbons (Fsp3) is 0.667. The van der Waals surface area contributed by atoms with Gasteiger partial charge in [-0.3, -0.25) is 0 Å². The predicted octanol–water partition coefficient (Wildman–Crippen LogP) is 1.84. The second kappa shape index (κ2) is 4.33. The topological polar surface area (TPSA) is 49.2 Å². The average Bonchev–Trinajstić information content (AvgIpc) is 2.95. The van der Waals surface area contributed by atoms with E-state index in [1.54, 1.807) is 0 Å².